The molecular formula is C17H25NO3. The molecule has 4 nitrogen and oxygen atoms in total. The van der Waals surface area contributed by atoms with Crippen molar-refractivity contribution in [3.05, 3.63) is 35.4 Å². The van der Waals surface area contributed by atoms with Gasteiger partial charge in [0, 0.05) is 18.5 Å². The van der Waals surface area contributed by atoms with Crippen molar-refractivity contribution in [2.24, 2.45) is 0 Å². The zero-order chi connectivity index (χ0) is 15.5. The number of unbranched alkanes of at least 4 members (excludes halogenated alkanes) is 4. The summed E-state index contributed by atoms with van der Waals surface area (Å²) >= 11 is 0. The van der Waals surface area contributed by atoms with Gasteiger partial charge < -0.3 is 10.4 Å². The number of aryl methyl sites for hydroxylation is 1. The summed E-state index contributed by atoms with van der Waals surface area (Å²) in [5, 5.41) is 11.5. The van der Waals surface area contributed by atoms with Crippen LogP contribution in [0, 0.1) is 0 Å². The van der Waals surface area contributed by atoms with Crippen molar-refractivity contribution in [1.82, 2.24) is 5.32 Å². The predicted octanol–water partition coefficient (Wildman–Crippen LogP) is 3.40. The summed E-state index contributed by atoms with van der Waals surface area (Å²) in [6.07, 6.45) is 5.78. The van der Waals surface area contributed by atoms with Crippen LogP contribution in [0.3, 0.4) is 0 Å². The molecule has 0 aliphatic carbocycles. The minimum Gasteiger partial charge on any atom is -0.481 e. The van der Waals surface area contributed by atoms with Crippen molar-refractivity contribution in [1.29, 1.82) is 0 Å². The molecule has 0 aliphatic rings. The average Bonchev–Trinajstić information content (AvgIpc) is 2.49. The Bertz CT molecular complexity index is 457. The van der Waals surface area contributed by atoms with Crippen molar-refractivity contribution in [3.8, 4) is 0 Å². The third kappa shape index (κ3) is 6.93. The molecule has 0 spiro atoms. The molecule has 0 radical (unpaired) electrons. The number of carboxylic acid groups (broad SMARTS) is 1. The maximum Gasteiger partial charge on any atom is 0.303 e. The second-order valence-corrected chi connectivity index (χ2v) is 5.18. The summed E-state index contributed by atoms with van der Waals surface area (Å²) in [5.41, 5.74) is 1.84. The van der Waals surface area contributed by atoms with Crippen LogP contribution in [0.2, 0.25) is 0 Å². The van der Waals surface area contributed by atoms with Gasteiger partial charge in [-0.1, -0.05) is 44.4 Å². The van der Waals surface area contributed by atoms with Crippen LogP contribution in [0.15, 0.2) is 24.3 Å². The molecule has 0 heterocycles. The first-order valence-corrected chi connectivity index (χ1v) is 7.73. The number of rotatable bonds is 10. The maximum absolute atomic E-state index is 12.1. The van der Waals surface area contributed by atoms with Gasteiger partial charge in [-0.2, -0.15) is 0 Å². The van der Waals surface area contributed by atoms with E-state index in [1.807, 2.05) is 31.2 Å². The number of benzene rings is 1. The third-order valence-electron chi connectivity index (χ3n) is 3.50. The molecular weight excluding hydrogens is 266 g/mol. The highest BCUT2D eigenvalue weighted by Gasteiger charge is 2.08. The van der Waals surface area contributed by atoms with E-state index in [-0.39, 0.29) is 12.3 Å². The topological polar surface area (TPSA) is 66.4 Å². The fraction of sp³-hybridized carbons (Fsp3) is 0.529. The van der Waals surface area contributed by atoms with E-state index in [1.54, 1.807) is 0 Å². The van der Waals surface area contributed by atoms with E-state index in [0.29, 0.717) is 6.54 Å². The molecule has 1 aromatic rings. The first kappa shape index (κ1) is 17.2. The Kier molecular flexibility index (Phi) is 8.17. The van der Waals surface area contributed by atoms with Gasteiger partial charge in [-0.3, -0.25) is 9.59 Å². The minimum atomic E-state index is -0.725. The highest BCUT2D eigenvalue weighted by Crippen LogP contribution is 2.09. The molecule has 0 fully saturated rings. The number of carbonyl (C=O) groups is 2. The molecule has 0 saturated carbocycles. The molecule has 0 unspecified atom stereocenters. The summed E-state index contributed by atoms with van der Waals surface area (Å²) in [6.45, 7) is 2.72. The summed E-state index contributed by atoms with van der Waals surface area (Å²) < 4.78 is 0. The molecule has 0 atom stereocenters. The largest absolute Gasteiger partial charge is 0.481 e. The zero-order valence-electron chi connectivity index (χ0n) is 12.7. The van der Waals surface area contributed by atoms with E-state index in [1.165, 1.54) is 0 Å². The number of carboxylic acids is 1. The zero-order valence-corrected chi connectivity index (χ0v) is 12.7. The predicted molar refractivity (Wildman–Crippen MR) is 83.5 cm³/mol. The fourth-order valence-electron chi connectivity index (χ4n) is 2.28. The lowest BCUT2D eigenvalue weighted by atomic mass is 10.0. The number of carbonyl (C=O) groups excluding carboxylic acids is 1. The third-order valence-corrected chi connectivity index (χ3v) is 3.50. The summed E-state index contributed by atoms with van der Waals surface area (Å²) in [4.78, 5) is 22.4. The molecule has 0 aliphatic heterocycles. The van der Waals surface area contributed by atoms with Gasteiger partial charge in [-0.25, -0.2) is 0 Å². The van der Waals surface area contributed by atoms with Gasteiger partial charge in [0.2, 0.25) is 0 Å². The van der Waals surface area contributed by atoms with Crippen molar-refractivity contribution < 1.29 is 14.7 Å². The number of amides is 1. The van der Waals surface area contributed by atoms with Crippen molar-refractivity contribution >= 4 is 11.9 Å². The number of nitrogens with one attached hydrogen (secondary N) is 1. The Labute approximate surface area is 126 Å². The SMILES string of the molecule is CCc1ccccc1C(=O)NCCCCCCCC(=O)O. The number of hydrogen-bond acceptors (Lipinski definition) is 2. The normalized spacial score (nSPS) is 10.3. The van der Waals surface area contributed by atoms with Crippen LogP contribution < -0.4 is 5.32 Å². The fourth-order valence-corrected chi connectivity index (χ4v) is 2.28. The smallest absolute Gasteiger partial charge is 0.303 e. The van der Waals surface area contributed by atoms with Gasteiger partial charge in [0.1, 0.15) is 0 Å². The van der Waals surface area contributed by atoms with Gasteiger partial charge in [0.25, 0.3) is 5.91 Å². The van der Waals surface area contributed by atoms with Crippen LogP contribution >= 0.6 is 0 Å². The van der Waals surface area contributed by atoms with Crippen molar-refractivity contribution in [2.75, 3.05) is 6.54 Å². The monoisotopic (exact) mass is 291 g/mol. The first-order valence-electron chi connectivity index (χ1n) is 7.73. The van der Waals surface area contributed by atoms with Crippen molar-refractivity contribution in [3.63, 3.8) is 0 Å². The molecule has 4 heteroatoms. The standard InChI is InChI=1S/C17H25NO3/c1-2-14-10-7-8-11-15(14)17(21)18-13-9-5-3-4-6-12-16(19)20/h7-8,10-11H,2-6,9,12-13H2,1H3,(H,18,21)(H,19,20). The van der Waals surface area contributed by atoms with E-state index < -0.39 is 5.97 Å². The molecule has 0 saturated heterocycles. The molecule has 116 valence electrons. The summed E-state index contributed by atoms with van der Waals surface area (Å²) in [5.74, 6) is -0.727. The highest BCUT2D eigenvalue weighted by molar-refractivity contribution is 5.95. The Morgan fingerprint density at radius 2 is 1.71 bits per heavy atom. The molecule has 0 aromatic heterocycles. The maximum atomic E-state index is 12.1. The average molecular weight is 291 g/mol. The van der Waals surface area contributed by atoms with Crippen molar-refractivity contribution in [2.45, 2.75) is 51.9 Å². The Balaban J connectivity index is 2.15. The Morgan fingerprint density at radius 3 is 2.43 bits per heavy atom. The Morgan fingerprint density at radius 1 is 1.05 bits per heavy atom. The van der Waals surface area contributed by atoms with Gasteiger partial charge in [0.05, 0.1) is 0 Å². The van der Waals surface area contributed by atoms with Crippen LogP contribution in [0.4, 0.5) is 0 Å². The van der Waals surface area contributed by atoms with E-state index in [9.17, 15) is 9.59 Å². The molecule has 1 rings (SSSR count). The quantitative estimate of drug-likeness (QED) is 0.649. The minimum absolute atomic E-state index is 0.00155. The second kappa shape index (κ2) is 9.97. The van der Waals surface area contributed by atoms with Crippen LogP contribution in [0.5, 0.6) is 0 Å². The molecule has 0 bridgehead atoms. The lowest BCUT2D eigenvalue weighted by molar-refractivity contribution is -0.137. The van der Waals surface area contributed by atoms with Crippen LogP contribution in [-0.2, 0) is 11.2 Å². The second-order valence-electron chi connectivity index (χ2n) is 5.18. The lowest BCUT2D eigenvalue weighted by Gasteiger charge is -2.08. The highest BCUT2D eigenvalue weighted by atomic mass is 16.4. The van der Waals surface area contributed by atoms with Crippen LogP contribution in [0.25, 0.3) is 0 Å². The van der Waals surface area contributed by atoms with E-state index in [4.69, 9.17) is 5.11 Å². The van der Waals surface area contributed by atoms with Crippen LogP contribution in [-0.4, -0.2) is 23.5 Å². The molecule has 1 amide bonds. The van der Waals surface area contributed by atoms with E-state index >= 15 is 0 Å². The van der Waals surface area contributed by atoms with Crippen LogP contribution in [0.1, 0.15) is 61.4 Å². The first-order chi connectivity index (χ1) is 10.1. The van der Waals surface area contributed by atoms with Gasteiger partial charge in [-0.05, 0) is 30.9 Å². The van der Waals surface area contributed by atoms with Gasteiger partial charge in [-0.15, -0.1) is 0 Å². The van der Waals surface area contributed by atoms with E-state index in [2.05, 4.69) is 5.32 Å². The summed E-state index contributed by atoms with van der Waals surface area (Å²) in [7, 11) is 0. The van der Waals surface area contributed by atoms with Gasteiger partial charge in [0.15, 0.2) is 0 Å². The Hall–Kier alpha value is -1.84. The molecule has 1 aromatic carbocycles. The molecule has 2 N–H and O–H groups in total. The van der Waals surface area contributed by atoms with Gasteiger partial charge >= 0.3 is 5.97 Å². The number of aliphatic carboxylic acids is 1. The number of hydrogen-bond donors (Lipinski definition) is 2. The van der Waals surface area contributed by atoms with E-state index in [0.717, 1.165) is 49.7 Å². The molecule has 21 heavy (non-hydrogen) atoms. The lowest BCUT2D eigenvalue weighted by Crippen LogP contribution is -2.25. The summed E-state index contributed by atoms with van der Waals surface area (Å²) in [6, 6.07) is 7.68.